The molecule has 0 radical (unpaired) electrons. The van der Waals surface area contributed by atoms with Crippen LogP contribution in [0.15, 0.2) is 42.5 Å². The number of hydrogen-bond acceptors (Lipinski definition) is 10. The van der Waals surface area contributed by atoms with E-state index in [1.807, 2.05) is 0 Å². The second-order valence-electron chi connectivity index (χ2n) is 9.58. The normalized spacial score (nSPS) is 14.3. The topological polar surface area (TPSA) is 108 Å². The highest BCUT2D eigenvalue weighted by atomic mass is 35.5. The molecule has 0 unspecified atom stereocenters. The molecule has 0 fully saturated rings. The summed E-state index contributed by atoms with van der Waals surface area (Å²) in [5.74, 6) is -18.4. The lowest BCUT2D eigenvalue weighted by molar-refractivity contribution is -0.276. The van der Waals surface area contributed by atoms with Gasteiger partial charge in [-0.3, -0.25) is 0 Å². The minimum Gasteiger partial charge on any atom is -0.490 e. The van der Waals surface area contributed by atoms with Gasteiger partial charge in [0.25, 0.3) is 0 Å². The van der Waals surface area contributed by atoms with Crippen molar-refractivity contribution in [3.63, 3.8) is 0 Å². The highest BCUT2D eigenvalue weighted by Gasteiger charge is 2.35. The summed E-state index contributed by atoms with van der Waals surface area (Å²) >= 11 is 11.5. The summed E-state index contributed by atoms with van der Waals surface area (Å²) in [6.45, 7) is -3.14. The number of halogens is 12. The van der Waals surface area contributed by atoms with Crippen molar-refractivity contribution in [2.45, 2.75) is 19.6 Å². The SMILES string of the molecule is [2H]C([2H])([2H])Oc1c(Oc2cc(Cl)c(C([2H])([2H])[2H])c(F)c2C(=O)OC)ccc(OC(F)(F)F)c1F.[2H]C([2H])([2H])Oc1c(Oc2cc(Cl)cc(F)c2C(=O)OC)ccc(OC(F)(F)F)c1F. The summed E-state index contributed by atoms with van der Waals surface area (Å²) in [6.07, 6.45) is -10.7. The van der Waals surface area contributed by atoms with Crippen molar-refractivity contribution in [2.24, 2.45) is 0 Å². The third-order valence-corrected chi connectivity index (χ3v) is 6.64. The van der Waals surface area contributed by atoms with Crippen LogP contribution in [0.5, 0.6) is 46.0 Å². The Hall–Kier alpha value is -5.50. The van der Waals surface area contributed by atoms with E-state index in [1.165, 1.54) is 0 Å². The van der Waals surface area contributed by atoms with E-state index in [1.54, 1.807) is 0 Å². The van der Waals surface area contributed by atoms with Gasteiger partial charge in [-0.2, -0.15) is 8.78 Å². The lowest BCUT2D eigenvalue weighted by Gasteiger charge is -2.17. The third-order valence-electron chi connectivity index (χ3n) is 6.13. The van der Waals surface area contributed by atoms with Crippen molar-refractivity contribution >= 4 is 35.1 Å². The van der Waals surface area contributed by atoms with E-state index in [0.717, 1.165) is 26.4 Å². The molecule has 0 saturated heterocycles. The molecule has 0 aromatic heterocycles. The lowest BCUT2D eigenvalue weighted by atomic mass is 10.1. The number of ether oxygens (including phenoxy) is 8. The number of hydrogen-bond donors (Lipinski definition) is 0. The summed E-state index contributed by atoms with van der Waals surface area (Å²) < 4.78 is 233. The highest BCUT2D eigenvalue weighted by molar-refractivity contribution is 6.31. The molecule has 0 amide bonds. The van der Waals surface area contributed by atoms with E-state index >= 15 is 0 Å². The van der Waals surface area contributed by atoms with Crippen molar-refractivity contribution in [3.8, 4) is 46.0 Å². The van der Waals surface area contributed by atoms with Gasteiger partial charge in [0.2, 0.25) is 23.1 Å². The van der Waals surface area contributed by atoms with Crippen LogP contribution in [0.3, 0.4) is 0 Å². The zero-order chi connectivity index (χ0) is 49.1. The molecule has 10 nitrogen and oxygen atoms in total. The lowest BCUT2D eigenvalue weighted by Crippen LogP contribution is -2.18. The Morgan fingerprint density at radius 1 is 0.618 bits per heavy atom. The van der Waals surface area contributed by atoms with Gasteiger partial charge in [0.1, 0.15) is 34.3 Å². The van der Waals surface area contributed by atoms with Gasteiger partial charge in [0, 0.05) is 26.8 Å². The molecule has 0 bridgehead atoms. The molecule has 0 spiro atoms. The van der Waals surface area contributed by atoms with Gasteiger partial charge in [-0.25, -0.2) is 18.4 Å². The molecule has 0 N–H and O–H groups in total. The molecular formula is C33H22Cl2F10O10. The minimum absolute atomic E-state index is 0.272. The Kier molecular flexibility index (Phi) is 10.3. The molecule has 4 aromatic rings. The Balaban J connectivity index is 0.000000343. The van der Waals surface area contributed by atoms with Crippen LogP contribution in [0.25, 0.3) is 0 Å². The van der Waals surface area contributed by atoms with Crippen LogP contribution < -0.4 is 28.4 Å². The summed E-state index contributed by atoms with van der Waals surface area (Å²) in [5.41, 5.74) is -3.01. The number of esters is 2. The minimum atomic E-state index is -5.36. The maximum absolute atomic E-state index is 15.0. The van der Waals surface area contributed by atoms with E-state index in [0.29, 0.717) is 30.3 Å². The fourth-order valence-corrected chi connectivity index (χ4v) is 4.31. The molecule has 22 heteroatoms. The molecule has 55 heavy (non-hydrogen) atoms. The smallest absolute Gasteiger partial charge is 0.490 e. The van der Waals surface area contributed by atoms with Gasteiger partial charge in [0.05, 0.1) is 41.5 Å². The molecule has 4 aromatic carbocycles. The largest absolute Gasteiger partial charge is 0.573 e. The van der Waals surface area contributed by atoms with Gasteiger partial charge in [-0.1, -0.05) is 23.2 Å². The van der Waals surface area contributed by atoms with E-state index in [9.17, 15) is 53.5 Å². The van der Waals surface area contributed by atoms with Crippen LogP contribution in [0, 0.1) is 30.1 Å². The predicted octanol–water partition coefficient (Wildman–Crippen LogP) is 10.5. The number of carbonyl (C=O) groups is 2. The van der Waals surface area contributed by atoms with E-state index in [-0.39, 0.29) is 5.02 Å². The number of methoxy groups -OCH3 is 4. The van der Waals surface area contributed by atoms with Crippen LogP contribution >= 0.6 is 23.2 Å². The fourth-order valence-electron chi connectivity index (χ4n) is 3.94. The summed E-state index contributed by atoms with van der Waals surface area (Å²) in [7, 11) is -5.00. The van der Waals surface area contributed by atoms with Gasteiger partial charge in [-0.15, -0.1) is 26.3 Å². The molecule has 0 aliphatic rings. The maximum Gasteiger partial charge on any atom is 0.573 e. The quantitative estimate of drug-likeness (QED) is 0.113. The number of rotatable bonds is 10. The Morgan fingerprint density at radius 3 is 1.47 bits per heavy atom. The average Bonchev–Trinajstić information content (AvgIpc) is 3.10. The first-order chi connectivity index (χ1) is 29.1. The van der Waals surface area contributed by atoms with Crippen molar-refractivity contribution in [3.05, 3.63) is 92.5 Å². The van der Waals surface area contributed by atoms with Crippen LogP contribution in [0.4, 0.5) is 43.9 Å². The first kappa shape index (κ1) is 31.8. The van der Waals surface area contributed by atoms with E-state index < -0.39 is 137 Å². The average molecular weight is 848 g/mol. The van der Waals surface area contributed by atoms with Crippen molar-refractivity contribution in [1.29, 1.82) is 0 Å². The summed E-state index contributed by atoms with van der Waals surface area (Å²) in [6, 6.07) is 4.35. The van der Waals surface area contributed by atoms with Crippen molar-refractivity contribution < 1.29 is 104 Å². The first-order valence-corrected chi connectivity index (χ1v) is 14.4. The van der Waals surface area contributed by atoms with E-state index in [2.05, 4.69) is 28.4 Å². The van der Waals surface area contributed by atoms with Crippen molar-refractivity contribution in [2.75, 3.05) is 28.3 Å². The maximum atomic E-state index is 15.0. The Labute approximate surface area is 325 Å². The fraction of sp³-hybridized carbons (Fsp3) is 0.212. The summed E-state index contributed by atoms with van der Waals surface area (Å²) in [5, 5.41) is -1.04. The zero-order valence-corrected chi connectivity index (χ0v) is 28.2. The van der Waals surface area contributed by atoms with Gasteiger partial charge >= 0.3 is 24.7 Å². The van der Waals surface area contributed by atoms with Gasteiger partial charge < -0.3 is 37.9 Å². The van der Waals surface area contributed by atoms with Crippen LogP contribution in [-0.2, 0) is 9.47 Å². The molecule has 0 atom stereocenters. The van der Waals surface area contributed by atoms with Crippen LogP contribution in [0.2, 0.25) is 10.0 Å². The molecule has 4 rings (SSSR count). The molecule has 0 aliphatic heterocycles. The second kappa shape index (κ2) is 17.8. The van der Waals surface area contributed by atoms with Crippen LogP contribution in [0.1, 0.15) is 38.6 Å². The van der Waals surface area contributed by atoms with Gasteiger partial charge in [-0.05, 0) is 37.2 Å². The molecule has 0 heterocycles. The molecule has 0 aliphatic carbocycles. The standard InChI is InChI=1S/C17H12ClF5O5.C16H10ClF5O5/c1-7-8(18)6-11(12(13(7)19)16(24)26-3)27-10-5-4-9(28-17(21,22)23)14(20)15(10)25-2;1-24-14-10(4-3-9(13(14)19)27-16(20,21)22)26-11-6-7(17)5-8(18)12(11)15(23)25-2/h4-6H,1-3H3;3-6H,1-2H3/i1D3,2D3;1D3. The molecule has 298 valence electrons. The number of benzene rings is 4. The first-order valence-electron chi connectivity index (χ1n) is 18.2. The molecular weight excluding hydrogens is 817 g/mol. The number of alkyl halides is 6. The second-order valence-corrected chi connectivity index (χ2v) is 10.4. The zero-order valence-electron chi connectivity index (χ0n) is 35.7. The van der Waals surface area contributed by atoms with Crippen molar-refractivity contribution in [1.82, 2.24) is 0 Å². The van der Waals surface area contributed by atoms with Crippen LogP contribution in [-0.4, -0.2) is 53.0 Å². The third kappa shape index (κ3) is 10.8. The molecule has 0 saturated carbocycles. The van der Waals surface area contributed by atoms with Gasteiger partial charge in [0.15, 0.2) is 23.0 Å². The van der Waals surface area contributed by atoms with E-state index in [4.69, 9.17) is 45.0 Å². The Morgan fingerprint density at radius 2 is 1.05 bits per heavy atom. The predicted molar refractivity (Wildman–Crippen MR) is 170 cm³/mol. The monoisotopic (exact) mass is 847 g/mol. The Bertz CT molecular complexity index is 2400. The number of carbonyl (C=O) groups excluding carboxylic acids is 2. The highest BCUT2D eigenvalue weighted by Crippen LogP contribution is 2.43. The summed E-state index contributed by atoms with van der Waals surface area (Å²) in [4.78, 5) is 23.9.